The van der Waals surface area contributed by atoms with Crippen LogP contribution in [0.15, 0.2) is 60.7 Å². The van der Waals surface area contributed by atoms with Gasteiger partial charge < -0.3 is 29.2 Å². The molecule has 0 aliphatic carbocycles. The van der Waals surface area contributed by atoms with E-state index in [-0.39, 0.29) is 13.2 Å². The first-order chi connectivity index (χ1) is 12.8. The number of rotatable bonds is 5. The van der Waals surface area contributed by atoms with Crippen molar-refractivity contribution >= 4 is 0 Å². The van der Waals surface area contributed by atoms with Crippen molar-refractivity contribution < 1.29 is 29.2 Å². The Balaban J connectivity index is 1.43. The van der Waals surface area contributed by atoms with Crippen molar-refractivity contribution in [2.75, 3.05) is 13.2 Å². The fourth-order valence-corrected chi connectivity index (χ4v) is 3.31. The van der Waals surface area contributed by atoms with Gasteiger partial charge in [0.25, 0.3) is 0 Å². The van der Waals surface area contributed by atoms with E-state index in [9.17, 15) is 10.2 Å². The number of hydrogen-bond donors (Lipinski definition) is 2. The van der Waals surface area contributed by atoms with Crippen LogP contribution >= 0.6 is 0 Å². The van der Waals surface area contributed by atoms with E-state index >= 15 is 0 Å². The van der Waals surface area contributed by atoms with Gasteiger partial charge in [-0.2, -0.15) is 0 Å². The van der Waals surface area contributed by atoms with Crippen molar-refractivity contribution in [3.8, 4) is 0 Å². The van der Waals surface area contributed by atoms with E-state index in [0.29, 0.717) is 0 Å². The van der Waals surface area contributed by atoms with Crippen molar-refractivity contribution in [3.63, 3.8) is 0 Å². The maximum Gasteiger partial charge on any atom is 0.184 e. The average molecular weight is 358 g/mol. The molecular formula is C20H22O6. The molecule has 0 radical (unpaired) electrons. The first-order valence-electron chi connectivity index (χ1n) is 8.73. The zero-order chi connectivity index (χ0) is 17.9. The highest BCUT2D eigenvalue weighted by Gasteiger charge is 2.46. The lowest BCUT2D eigenvalue weighted by atomic mass is 10.0. The third-order valence-corrected chi connectivity index (χ3v) is 4.70. The van der Waals surface area contributed by atoms with Gasteiger partial charge in [-0.25, -0.2) is 0 Å². The number of hydrogen-bond acceptors (Lipinski definition) is 6. The molecule has 2 fully saturated rings. The van der Waals surface area contributed by atoms with Gasteiger partial charge in [0.15, 0.2) is 12.6 Å². The van der Waals surface area contributed by atoms with Gasteiger partial charge in [-0.1, -0.05) is 60.7 Å². The number of benzene rings is 2. The summed E-state index contributed by atoms with van der Waals surface area (Å²) in [6, 6.07) is 19.0. The summed E-state index contributed by atoms with van der Waals surface area (Å²) in [5, 5.41) is 20.4. The smallest absolute Gasteiger partial charge is 0.184 e. The highest BCUT2D eigenvalue weighted by atomic mass is 16.8. The van der Waals surface area contributed by atoms with Crippen LogP contribution < -0.4 is 0 Å². The predicted molar refractivity (Wildman–Crippen MR) is 92.0 cm³/mol. The molecule has 2 unspecified atom stereocenters. The van der Waals surface area contributed by atoms with E-state index in [0.717, 1.165) is 11.1 Å². The van der Waals surface area contributed by atoms with Crippen LogP contribution in [0.2, 0.25) is 0 Å². The molecule has 0 saturated carbocycles. The Bertz CT molecular complexity index is 694. The van der Waals surface area contributed by atoms with E-state index in [1.165, 1.54) is 0 Å². The standard InChI is InChI=1S/C20H22O6/c21-11-15-18(26-20(24-15)14-9-5-2-6-10-14)17(22)16-12-23-19(25-16)13-7-3-1-4-8-13/h1-10,15-22H,11-12H2/t15-,16+,17-,18-,19?,20?/m1/s1. The van der Waals surface area contributed by atoms with Crippen LogP contribution in [0, 0.1) is 0 Å². The molecule has 2 heterocycles. The lowest BCUT2D eigenvalue weighted by Gasteiger charge is -2.24. The average Bonchev–Trinajstić information content (AvgIpc) is 3.36. The molecule has 2 aromatic carbocycles. The zero-order valence-corrected chi connectivity index (χ0v) is 14.2. The van der Waals surface area contributed by atoms with Crippen molar-refractivity contribution in [3.05, 3.63) is 71.8 Å². The molecule has 2 aliphatic heterocycles. The Hall–Kier alpha value is -1.80. The minimum atomic E-state index is -0.977. The molecule has 0 spiro atoms. The second-order valence-electron chi connectivity index (χ2n) is 6.44. The Morgan fingerprint density at radius 3 is 2.08 bits per heavy atom. The molecule has 0 aromatic heterocycles. The van der Waals surface area contributed by atoms with E-state index in [2.05, 4.69) is 0 Å². The first kappa shape index (κ1) is 17.6. The lowest BCUT2D eigenvalue weighted by Crippen LogP contribution is -2.45. The van der Waals surface area contributed by atoms with Crippen molar-refractivity contribution in [2.45, 2.75) is 37.0 Å². The minimum absolute atomic E-state index is 0.245. The van der Waals surface area contributed by atoms with Crippen LogP contribution in [0.4, 0.5) is 0 Å². The maximum absolute atomic E-state index is 10.8. The first-order valence-corrected chi connectivity index (χ1v) is 8.73. The minimum Gasteiger partial charge on any atom is -0.394 e. The van der Waals surface area contributed by atoms with Crippen molar-refractivity contribution in [1.29, 1.82) is 0 Å². The fraction of sp³-hybridized carbons (Fsp3) is 0.400. The third-order valence-electron chi connectivity index (χ3n) is 4.70. The van der Waals surface area contributed by atoms with Gasteiger partial charge in [-0.3, -0.25) is 0 Å². The summed E-state index contributed by atoms with van der Waals surface area (Å²) in [4.78, 5) is 0. The maximum atomic E-state index is 10.8. The van der Waals surface area contributed by atoms with E-state index in [1.54, 1.807) is 0 Å². The van der Waals surface area contributed by atoms with Gasteiger partial charge >= 0.3 is 0 Å². The second-order valence-corrected chi connectivity index (χ2v) is 6.44. The fourth-order valence-electron chi connectivity index (χ4n) is 3.31. The summed E-state index contributed by atoms with van der Waals surface area (Å²) in [5.74, 6) is 0. The van der Waals surface area contributed by atoms with Crippen molar-refractivity contribution in [1.82, 2.24) is 0 Å². The Morgan fingerprint density at radius 1 is 0.846 bits per heavy atom. The molecular weight excluding hydrogens is 336 g/mol. The summed E-state index contributed by atoms with van der Waals surface area (Å²) < 4.78 is 23.2. The Kier molecular flexibility index (Phi) is 5.31. The van der Waals surface area contributed by atoms with E-state index in [1.807, 2.05) is 60.7 Å². The molecule has 4 rings (SSSR count). The van der Waals surface area contributed by atoms with Crippen molar-refractivity contribution in [2.24, 2.45) is 0 Å². The molecule has 2 aliphatic rings. The van der Waals surface area contributed by atoms with Crippen LogP contribution in [0.3, 0.4) is 0 Å². The predicted octanol–water partition coefficient (Wildman–Crippen LogP) is 1.94. The van der Waals surface area contributed by atoms with Gasteiger partial charge in [-0.15, -0.1) is 0 Å². The molecule has 6 atom stereocenters. The Labute approximate surface area is 151 Å². The lowest BCUT2D eigenvalue weighted by molar-refractivity contribution is -0.125. The van der Waals surface area contributed by atoms with Crippen LogP contribution in [-0.4, -0.2) is 47.8 Å². The SMILES string of the molecule is OC[C@H]1OC(c2ccccc2)O[C@H]1[C@H](O)[C@@H]1COC(c2ccccc2)O1. The highest BCUT2D eigenvalue weighted by Crippen LogP contribution is 2.36. The molecule has 26 heavy (non-hydrogen) atoms. The zero-order valence-electron chi connectivity index (χ0n) is 14.2. The normalized spacial score (nSPS) is 32.6. The third kappa shape index (κ3) is 3.53. The molecule has 0 amide bonds. The summed E-state index contributed by atoms with van der Waals surface area (Å²) in [6.07, 6.45) is -4.01. The summed E-state index contributed by atoms with van der Waals surface area (Å²) in [7, 11) is 0. The van der Waals surface area contributed by atoms with Gasteiger partial charge in [0.1, 0.15) is 24.4 Å². The van der Waals surface area contributed by atoms with Crippen LogP contribution in [0.1, 0.15) is 23.7 Å². The second kappa shape index (κ2) is 7.84. The van der Waals surface area contributed by atoms with Crippen LogP contribution in [0.5, 0.6) is 0 Å². The molecule has 2 saturated heterocycles. The van der Waals surface area contributed by atoms with Crippen LogP contribution in [0.25, 0.3) is 0 Å². The number of ether oxygens (including phenoxy) is 4. The largest absolute Gasteiger partial charge is 0.394 e. The topological polar surface area (TPSA) is 77.4 Å². The molecule has 6 heteroatoms. The van der Waals surface area contributed by atoms with Gasteiger partial charge in [0, 0.05) is 11.1 Å². The van der Waals surface area contributed by atoms with Crippen LogP contribution in [-0.2, 0) is 18.9 Å². The van der Waals surface area contributed by atoms with E-state index < -0.39 is 37.0 Å². The molecule has 2 N–H and O–H groups in total. The Morgan fingerprint density at radius 2 is 1.46 bits per heavy atom. The molecule has 2 aromatic rings. The van der Waals surface area contributed by atoms with Gasteiger partial charge in [0.2, 0.25) is 0 Å². The number of aliphatic hydroxyl groups is 2. The van der Waals surface area contributed by atoms with Gasteiger partial charge in [-0.05, 0) is 0 Å². The highest BCUT2D eigenvalue weighted by molar-refractivity contribution is 5.18. The molecule has 0 bridgehead atoms. The summed E-state index contributed by atoms with van der Waals surface area (Å²) in [5.41, 5.74) is 1.73. The summed E-state index contributed by atoms with van der Waals surface area (Å²) >= 11 is 0. The molecule has 138 valence electrons. The van der Waals surface area contributed by atoms with E-state index in [4.69, 9.17) is 18.9 Å². The summed E-state index contributed by atoms with van der Waals surface area (Å²) in [6.45, 7) is -0.00447. The molecule has 6 nitrogen and oxygen atoms in total. The monoisotopic (exact) mass is 358 g/mol. The van der Waals surface area contributed by atoms with Gasteiger partial charge in [0.05, 0.1) is 13.2 Å². The number of aliphatic hydroxyl groups excluding tert-OH is 2. The quantitative estimate of drug-likeness (QED) is 0.851.